The molecule has 0 spiro atoms. The molecule has 0 radical (unpaired) electrons. The number of rotatable bonds is 2. The summed E-state index contributed by atoms with van der Waals surface area (Å²) in [5.74, 6) is 0. The molecule has 0 aliphatic heterocycles. The van der Waals surface area contributed by atoms with E-state index < -0.39 is 28.9 Å². The van der Waals surface area contributed by atoms with Crippen LogP contribution in [0.15, 0.2) is 72.8 Å². The first kappa shape index (κ1) is 18.1. The van der Waals surface area contributed by atoms with Crippen LogP contribution in [0.3, 0.4) is 0 Å². The zero-order valence-corrected chi connectivity index (χ0v) is 18.7. The van der Waals surface area contributed by atoms with Crippen LogP contribution in [0.5, 0.6) is 0 Å². The molecule has 0 bridgehead atoms. The van der Waals surface area contributed by atoms with Crippen LogP contribution in [-0.4, -0.2) is 8.07 Å². The van der Waals surface area contributed by atoms with Gasteiger partial charge in [-0.05, 0) is 0 Å². The number of hydrogen-bond donors (Lipinski definition) is 0. The van der Waals surface area contributed by atoms with E-state index in [1.807, 2.05) is 0 Å². The van der Waals surface area contributed by atoms with E-state index in [0.29, 0.717) is 0 Å². The van der Waals surface area contributed by atoms with Crippen LogP contribution in [0.2, 0.25) is 13.1 Å². The Labute approximate surface area is 162 Å². The Balaban J connectivity index is 0.000000526. The molecule has 0 atom stereocenters. The number of hydrogen-bond acceptors (Lipinski definition) is 0. The summed E-state index contributed by atoms with van der Waals surface area (Å²) in [6, 6.07) is 26.7. The predicted octanol–water partition coefficient (Wildman–Crippen LogP) is 5.63. The van der Waals surface area contributed by atoms with Crippen molar-refractivity contribution < 1.29 is 20.8 Å². The molecule has 0 N–H and O–H groups in total. The maximum atomic E-state index is 4.93. The summed E-state index contributed by atoms with van der Waals surface area (Å²) in [6.07, 6.45) is 0. The molecule has 0 aromatic heterocycles. The van der Waals surface area contributed by atoms with Gasteiger partial charge >= 0.3 is 37.9 Å². The Morgan fingerprint density at radius 2 is 1.17 bits per heavy atom. The summed E-state index contributed by atoms with van der Waals surface area (Å²) >= 11 is -0.826. The van der Waals surface area contributed by atoms with Crippen LogP contribution >= 0.6 is 17.0 Å². The van der Waals surface area contributed by atoms with Crippen molar-refractivity contribution in [1.82, 2.24) is 0 Å². The number of fused-ring (bicyclic) bond motifs is 3. The molecule has 0 heterocycles. The summed E-state index contributed by atoms with van der Waals surface area (Å²) in [7, 11) is 8.19. The minimum atomic E-state index is -1.68. The van der Waals surface area contributed by atoms with Gasteiger partial charge in [0.25, 0.3) is 0 Å². The van der Waals surface area contributed by atoms with Gasteiger partial charge < -0.3 is 0 Å². The van der Waals surface area contributed by atoms with Crippen LogP contribution in [0.1, 0.15) is 0 Å². The fourth-order valence-corrected chi connectivity index (χ4v) is 6.72. The van der Waals surface area contributed by atoms with Gasteiger partial charge in [0.1, 0.15) is 0 Å². The maximum absolute atomic E-state index is 4.93. The molecule has 0 unspecified atom stereocenters. The Bertz CT molecular complexity index is 886. The third-order valence-corrected chi connectivity index (χ3v) is 8.26. The summed E-state index contributed by atoms with van der Waals surface area (Å²) in [4.78, 5) is 0. The summed E-state index contributed by atoms with van der Waals surface area (Å²) < 4.78 is 0. The van der Waals surface area contributed by atoms with E-state index in [0.717, 1.165) is 0 Å². The zero-order chi connectivity index (χ0) is 17.2. The third-order valence-electron chi connectivity index (χ3n) is 4.69. The van der Waals surface area contributed by atoms with Crippen LogP contribution in [0.4, 0.5) is 0 Å². The Hall–Kier alpha value is -0.660. The Morgan fingerprint density at radius 3 is 1.62 bits per heavy atom. The normalized spacial score (nSPS) is 11.2. The molecule has 120 valence electrons. The van der Waals surface area contributed by atoms with Crippen molar-refractivity contribution in [3.05, 3.63) is 72.8 Å². The van der Waals surface area contributed by atoms with Gasteiger partial charge in [-0.2, -0.15) is 17.3 Å². The van der Waals surface area contributed by atoms with E-state index in [1.165, 1.54) is 26.7 Å². The average molecular weight is 449 g/mol. The van der Waals surface area contributed by atoms with Crippen LogP contribution in [0, 0.1) is 0 Å². The van der Waals surface area contributed by atoms with Crippen molar-refractivity contribution in [1.29, 1.82) is 0 Å². The second-order valence-electron chi connectivity index (χ2n) is 6.34. The zero-order valence-electron chi connectivity index (χ0n) is 13.7. The molecule has 4 aromatic rings. The van der Waals surface area contributed by atoms with Crippen molar-refractivity contribution in [2.24, 2.45) is 0 Å². The van der Waals surface area contributed by atoms with Gasteiger partial charge in [0.2, 0.25) is 0 Å². The first-order valence-corrected chi connectivity index (χ1v) is 17.2. The fraction of sp³-hybridized carbons (Fsp3) is 0.100. The second-order valence-corrected chi connectivity index (χ2v) is 14.4. The van der Waals surface area contributed by atoms with Crippen LogP contribution in [0.25, 0.3) is 21.5 Å². The average Bonchev–Trinajstić information content (AvgIpc) is 3.22. The van der Waals surface area contributed by atoms with Crippen molar-refractivity contribution in [2.75, 3.05) is 0 Å². The van der Waals surface area contributed by atoms with Gasteiger partial charge in [0.05, 0.1) is 0 Å². The minimum absolute atomic E-state index is 0.826. The molecule has 0 aliphatic rings. The quantitative estimate of drug-likeness (QED) is 0.275. The molecule has 4 heteroatoms. The molecule has 24 heavy (non-hydrogen) atoms. The van der Waals surface area contributed by atoms with E-state index in [9.17, 15) is 0 Å². The fourth-order valence-electron chi connectivity index (χ4n) is 3.63. The molecule has 0 aliphatic carbocycles. The first-order chi connectivity index (χ1) is 11.6. The summed E-state index contributed by atoms with van der Waals surface area (Å²) in [5.41, 5.74) is 0. The molecular formula is C20H18Cl2SiZr. The van der Waals surface area contributed by atoms with Crippen molar-refractivity contribution in [3.63, 3.8) is 0 Å². The predicted molar refractivity (Wildman–Crippen MR) is 108 cm³/mol. The molecule has 0 amide bonds. The van der Waals surface area contributed by atoms with Gasteiger partial charge in [0.15, 0.2) is 0 Å². The monoisotopic (exact) mass is 446 g/mol. The van der Waals surface area contributed by atoms with E-state index in [2.05, 4.69) is 85.9 Å². The van der Waals surface area contributed by atoms with Crippen molar-refractivity contribution in [3.8, 4) is 0 Å². The van der Waals surface area contributed by atoms with E-state index in [1.54, 1.807) is 5.19 Å². The summed E-state index contributed by atoms with van der Waals surface area (Å²) in [6.45, 7) is 4.94. The van der Waals surface area contributed by atoms with Crippen molar-refractivity contribution in [2.45, 2.75) is 13.1 Å². The second kappa shape index (κ2) is 7.70. The van der Waals surface area contributed by atoms with Gasteiger partial charge in [-0.15, -0.1) is 38.9 Å². The van der Waals surface area contributed by atoms with Gasteiger partial charge in [-0.3, -0.25) is 0 Å². The molecule has 0 nitrogen and oxygen atoms in total. The van der Waals surface area contributed by atoms with E-state index >= 15 is 0 Å². The molecule has 0 saturated heterocycles. The van der Waals surface area contributed by atoms with E-state index in [4.69, 9.17) is 17.0 Å². The first-order valence-electron chi connectivity index (χ1n) is 7.86. The topological polar surface area (TPSA) is 0 Å². The molecule has 4 rings (SSSR count). The Morgan fingerprint density at radius 1 is 0.750 bits per heavy atom. The standard InChI is InChI=1S/C20H18Si.2ClH.Zr/c1-21(2,15-9-3-4-10-15)20-18-13-7-5-11-16(18)17-12-6-8-14-19(17)20;;;/h3-14H,1-2H3;2*1H;/q-2;;;+4/p-2. The van der Waals surface area contributed by atoms with Crippen LogP contribution in [-0.2, 0) is 20.8 Å². The summed E-state index contributed by atoms with van der Waals surface area (Å²) in [5, 5.41) is 8.78. The molecule has 0 saturated carbocycles. The van der Waals surface area contributed by atoms with Gasteiger partial charge in [-0.25, -0.2) is 12.1 Å². The molecule has 0 fully saturated rings. The van der Waals surface area contributed by atoms with Gasteiger partial charge in [-0.1, -0.05) is 49.5 Å². The number of benzene rings is 2. The Kier molecular flexibility index (Phi) is 5.82. The third kappa shape index (κ3) is 3.22. The molecular weight excluding hydrogens is 430 g/mol. The van der Waals surface area contributed by atoms with Crippen molar-refractivity contribution >= 4 is 57.0 Å². The molecule has 4 aromatic carbocycles. The van der Waals surface area contributed by atoms with Gasteiger partial charge in [0, 0.05) is 8.07 Å². The number of halogens is 2. The van der Waals surface area contributed by atoms with Crippen LogP contribution < -0.4 is 10.4 Å². The van der Waals surface area contributed by atoms with E-state index in [-0.39, 0.29) is 0 Å². The SMILES string of the molecule is C[Si](C)([c-]1cccc1)[c-]1c2ccccc2c2ccccc21.[Cl][Zr+2][Cl].